The molecule has 3 heteroatoms. The van der Waals surface area contributed by atoms with E-state index in [2.05, 4.69) is 217 Å². The van der Waals surface area contributed by atoms with Gasteiger partial charge in [0.2, 0.25) is 0 Å². The first-order chi connectivity index (χ1) is 30.2. The molecule has 0 fully saturated rings. The molecule has 12 aromatic rings. The molecule has 0 saturated carbocycles. The van der Waals surface area contributed by atoms with Crippen LogP contribution in [0.15, 0.2) is 229 Å². The number of fused-ring (bicyclic) bond motifs is 7. The van der Waals surface area contributed by atoms with Crippen LogP contribution in [-0.2, 0) is 0 Å². The van der Waals surface area contributed by atoms with Crippen molar-refractivity contribution in [2.75, 3.05) is 4.90 Å². The van der Waals surface area contributed by atoms with Gasteiger partial charge in [0, 0.05) is 59.0 Å². The quantitative estimate of drug-likeness (QED) is 0.160. The van der Waals surface area contributed by atoms with Crippen LogP contribution >= 0.6 is 11.3 Å². The predicted octanol–water partition coefficient (Wildman–Crippen LogP) is 17.2. The van der Waals surface area contributed by atoms with Crippen molar-refractivity contribution >= 4 is 81.3 Å². The molecular formula is C58H37NOS. The molecule has 0 aliphatic rings. The van der Waals surface area contributed by atoms with Crippen molar-refractivity contribution in [3.05, 3.63) is 224 Å². The molecule has 0 radical (unpaired) electrons. The predicted molar refractivity (Wildman–Crippen MR) is 261 cm³/mol. The largest absolute Gasteiger partial charge is 0.455 e. The Balaban J connectivity index is 1.02. The lowest BCUT2D eigenvalue weighted by molar-refractivity contribution is 0.670. The van der Waals surface area contributed by atoms with Gasteiger partial charge in [-0.05, 0) is 87.1 Å². The van der Waals surface area contributed by atoms with Gasteiger partial charge >= 0.3 is 0 Å². The lowest BCUT2D eigenvalue weighted by atomic mass is 9.95. The molecule has 286 valence electrons. The summed E-state index contributed by atoms with van der Waals surface area (Å²) in [7, 11) is 0. The first-order valence-corrected chi connectivity index (χ1v) is 21.6. The molecule has 61 heavy (non-hydrogen) atoms. The Hall–Kier alpha value is -7.72. The number of nitrogens with zero attached hydrogens (tertiary/aromatic N) is 1. The molecule has 0 bridgehead atoms. The third-order valence-corrected chi connectivity index (χ3v) is 13.3. The Bertz CT molecular complexity index is 3610. The summed E-state index contributed by atoms with van der Waals surface area (Å²) < 4.78 is 9.07. The summed E-state index contributed by atoms with van der Waals surface area (Å²) in [5, 5.41) is 7.35. The molecule has 0 saturated heterocycles. The zero-order valence-electron chi connectivity index (χ0n) is 33.1. The second kappa shape index (κ2) is 14.5. The van der Waals surface area contributed by atoms with Gasteiger partial charge in [0.1, 0.15) is 11.2 Å². The summed E-state index contributed by atoms with van der Waals surface area (Å²) in [6.07, 6.45) is 0. The van der Waals surface area contributed by atoms with Crippen molar-refractivity contribution in [2.24, 2.45) is 0 Å². The second-order valence-corrected chi connectivity index (χ2v) is 16.7. The second-order valence-electron chi connectivity index (χ2n) is 15.6. The Morgan fingerprint density at radius 3 is 1.85 bits per heavy atom. The Labute approximate surface area is 357 Å². The summed E-state index contributed by atoms with van der Waals surface area (Å²) in [4.78, 5) is 2.42. The number of rotatable bonds is 7. The average molecular weight is 796 g/mol. The number of para-hydroxylation sites is 3. The number of thiophene rings is 1. The number of furan rings is 1. The van der Waals surface area contributed by atoms with E-state index in [1.807, 2.05) is 23.5 Å². The third-order valence-electron chi connectivity index (χ3n) is 12.1. The number of hydrogen-bond acceptors (Lipinski definition) is 3. The lowest BCUT2D eigenvalue weighted by Gasteiger charge is -2.28. The van der Waals surface area contributed by atoms with Crippen molar-refractivity contribution < 1.29 is 4.42 Å². The third kappa shape index (κ3) is 6.01. The van der Waals surface area contributed by atoms with Crippen LogP contribution in [0.5, 0.6) is 0 Å². The van der Waals surface area contributed by atoms with Crippen molar-refractivity contribution in [1.29, 1.82) is 0 Å². The van der Waals surface area contributed by atoms with Crippen molar-refractivity contribution in [1.82, 2.24) is 0 Å². The topological polar surface area (TPSA) is 16.4 Å². The van der Waals surface area contributed by atoms with Gasteiger partial charge in [0.15, 0.2) is 0 Å². The normalized spacial score (nSPS) is 11.6. The van der Waals surface area contributed by atoms with Crippen LogP contribution in [-0.4, -0.2) is 0 Å². The van der Waals surface area contributed by atoms with Gasteiger partial charge < -0.3 is 9.32 Å². The smallest absolute Gasteiger partial charge is 0.143 e. The standard InChI is InChI=1S/C58H37NOS/c1-2-20-45-38(14-1)15-11-24-46(45)42-18-9-16-40(36-42)41-17-10-19-44(37-41)59(43-34-32-39(33-35-43)47-25-12-26-51-49-22-4-7-30-55(49)60-57(47)51)54-29-6-3-21-48(54)52-27-13-28-53-50-23-5-8-31-56(50)61-58(52)53/h1-37H. The van der Waals surface area contributed by atoms with E-state index in [4.69, 9.17) is 4.42 Å². The van der Waals surface area contributed by atoms with Gasteiger partial charge in [-0.3, -0.25) is 0 Å². The minimum atomic E-state index is 0.903. The molecule has 2 heterocycles. The minimum absolute atomic E-state index is 0.903. The molecule has 0 aliphatic carbocycles. The molecule has 2 nitrogen and oxygen atoms in total. The highest BCUT2D eigenvalue weighted by molar-refractivity contribution is 7.26. The van der Waals surface area contributed by atoms with E-state index in [0.717, 1.165) is 55.7 Å². The van der Waals surface area contributed by atoms with Crippen molar-refractivity contribution in [2.45, 2.75) is 0 Å². The highest BCUT2D eigenvalue weighted by Gasteiger charge is 2.21. The van der Waals surface area contributed by atoms with Gasteiger partial charge in [0.25, 0.3) is 0 Å². The molecular weight excluding hydrogens is 759 g/mol. The van der Waals surface area contributed by atoms with E-state index in [9.17, 15) is 0 Å². The van der Waals surface area contributed by atoms with Crippen LogP contribution < -0.4 is 4.90 Å². The zero-order valence-corrected chi connectivity index (χ0v) is 33.9. The molecule has 2 aromatic heterocycles. The highest BCUT2D eigenvalue weighted by Crippen LogP contribution is 2.47. The lowest BCUT2D eigenvalue weighted by Crippen LogP contribution is -2.11. The van der Waals surface area contributed by atoms with E-state index < -0.39 is 0 Å². The Morgan fingerprint density at radius 2 is 0.951 bits per heavy atom. The molecule has 0 spiro atoms. The monoisotopic (exact) mass is 795 g/mol. The van der Waals surface area contributed by atoms with Gasteiger partial charge in [0.05, 0.1) is 5.69 Å². The Morgan fingerprint density at radius 1 is 0.344 bits per heavy atom. The van der Waals surface area contributed by atoms with Crippen LogP contribution in [0, 0.1) is 0 Å². The zero-order chi connectivity index (χ0) is 40.3. The maximum absolute atomic E-state index is 6.48. The first-order valence-electron chi connectivity index (χ1n) is 20.7. The van der Waals surface area contributed by atoms with Crippen LogP contribution in [0.2, 0.25) is 0 Å². The average Bonchev–Trinajstić information content (AvgIpc) is 3.91. The fourth-order valence-electron chi connectivity index (χ4n) is 9.22. The number of anilines is 3. The highest BCUT2D eigenvalue weighted by atomic mass is 32.1. The van der Waals surface area contributed by atoms with Gasteiger partial charge in [-0.15, -0.1) is 11.3 Å². The van der Waals surface area contributed by atoms with Crippen LogP contribution in [0.1, 0.15) is 0 Å². The van der Waals surface area contributed by atoms with Gasteiger partial charge in [-0.1, -0.05) is 176 Å². The molecule has 10 aromatic carbocycles. The van der Waals surface area contributed by atoms with E-state index >= 15 is 0 Å². The summed E-state index contributed by atoms with van der Waals surface area (Å²) in [6.45, 7) is 0. The van der Waals surface area contributed by atoms with Gasteiger partial charge in [-0.2, -0.15) is 0 Å². The number of hydrogen-bond donors (Lipinski definition) is 0. The maximum atomic E-state index is 6.48. The van der Waals surface area contributed by atoms with Crippen LogP contribution in [0.4, 0.5) is 17.1 Å². The summed E-state index contributed by atoms with van der Waals surface area (Å²) >= 11 is 1.87. The van der Waals surface area contributed by atoms with Crippen LogP contribution in [0.3, 0.4) is 0 Å². The maximum Gasteiger partial charge on any atom is 0.143 e. The van der Waals surface area contributed by atoms with Gasteiger partial charge in [-0.25, -0.2) is 0 Å². The first kappa shape index (κ1) is 35.2. The molecule has 0 atom stereocenters. The van der Waals surface area contributed by atoms with Crippen molar-refractivity contribution in [3.63, 3.8) is 0 Å². The fraction of sp³-hybridized carbons (Fsp3) is 0. The van der Waals surface area contributed by atoms with E-state index in [1.165, 1.54) is 58.8 Å². The van der Waals surface area contributed by atoms with E-state index in [-0.39, 0.29) is 0 Å². The molecule has 0 amide bonds. The van der Waals surface area contributed by atoms with E-state index in [0.29, 0.717) is 0 Å². The van der Waals surface area contributed by atoms with Crippen molar-refractivity contribution in [3.8, 4) is 44.5 Å². The SMILES string of the molecule is c1cc(-c2cccc(N(c3ccc(-c4cccc5c4oc4ccccc45)cc3)c3ccccc3-c3cccc4c3sc3ccccc34)c2)cc(-c2cccc3ccccc23)c1. The van der Waals surface area contributed by atoms with Crippen LogP contribution in [0.25, 0.3) is 97.4 Å². The molecule has 12 rings (SSSR count). The summed E-state index contributed by atoms with van der Waals surface area (Å²) in [5.41, 5.74) is 14.4. The number of benzene rings is 10. The summed E-state index contributed by atoms with van der Waals surface area (Å²) in [5.74, 6) is 0. The molecule has 0 N–H and O–H groups in total. The van der Waals surface area contributed by atoms with E-state index in [1.54, 1.807) is 0 Å². The minimum Gasteiger partial charge on any atom is -0.455 e. The summed E-state index contributed by atoms with van der Waals surface area (Å²) in [6, 6.07) is 81.2. The Kier molecular flexibility index (Phi) is 8.39. The molecule has 0 unspecified atom stereocenters. The fourth-order valence-corrected chi connectivity index (χ4v) is 10.4. The molecule has 0 aliphatic heterocycles.